The highest BCUT2D eigenvalue weighted by Gasteiger charge is 2.30. The van der Waals surface area contributed by atoms with Crippen LogP contribution in [0, 0.1) is 0 Å². The Bertz CT molecular complexity index is 508. The van der Waals surface area contributed by atoms with E-state index in [9.17, 15) is 9.59 Å². The molecule has 98 valence electrons. The van der Waals surface area contributed by atoms with Gasteiger partial charge in [-0.05, 0) is 13.8 Å². The van der Waals surface area contributed by atoms with E-state index in [1.807, 2.05) is 0 Å². The van der Waals surface area contributed by atoms with Gasteiger partial charge in [-0.2, -0.15) is 0 Å². The lowest BCUT2D eigenvalue weighted by molar-refractivity contribution is -0.161. The predicted octanol–water partition coefficient (Wildman–Crippen LogP) is 0.394. The van der Waals surface area contributed by atoms with Gasteiger partial charge in [0.25, 0.3) is 0 Å². The topological polar surface area (TPSA) is 135 Å². The van der Waals surface area contributed by atoms with Crippen molar-refractivity contribution in [2.45, 2.75) is 19.4 Å². The van der Waals surface area contributed by atoms with Gasteiger partial charge in [0, 0.05) is 5.38 Å². The third kappa shape index (κ3) is 3.17. The van der Waals surface area contributed by atoms with Crippen LogP contribution in [0.3, 0.4) is 0 Å². The average molecular weight is 273 g/mol. The van der Waals surface area contributed by atoms with Crippen molar-refractivity contribution >= 4 is 34.1 Å². The Balaban J connectivity index is 3.01. The van der Waals surface area contributed by atoms with Crippen LogP contribution in [0.2, 0.25) is 0 Å². The number of nitrogens with two attached hydrogens (primary N) is 1. The standard InChI is InChI=1S/C9H11N3O5S/c1-9(2,7(15)16)17-12-5(6(13)14)4-3-18-8(10)11-4/h3H,1-2H3,(H2,10,11)(H,13,14)(H,15,16). The number of nitrogens with zero attached hydrogens (tertiary/aromatic N) is 2. The summed E-state index contributed by atoms with van der Waals surface area (Å²) < 4.78 is 0. The number of hydrogen-bond donors (Lipinski definition) is 3. The SMILES string of the molecule is CC(C)(ON=C(C(=O)O)c1csc(N)n1)C(=O)O. The van der Waals surface area contributed by atoms with Gasteiger partial charge in [0.05, 0.1) is 0 Å². The van der Waals surface area contributed by atoms with Crippen LogP contribution in [0.15, 0.2) is 10.5 Å². The minimum absolute atomic E-state index is 0.0196. The van der Waals surface area contributed by atoms with Gasteiger partial charge in [-0.15, -0.1) is 11.3 Å². The van der Waals surface area contributed by atoms with Crippen molar-refractivity contribution in [1.29, 1.82) is 0 Å². The summed E-state index contributed by atoms with van der Waals surface area (Å²) in [6, 6.07) is 0. The second kappa shape index (κ2) is 5.00. The number of thiazole rings is 1. The first-order valence-electron chi connectivity index (χ1n) is 4.68. The highest BCUT2D eigenvalue weighted by molar-refractivity contribution is 7.13. The zero-order valence-corrected chi connectivity index (χ0v) is 10.4. The number of nitrogen functional groups attached to an aromatic ring is 1. The molecule has 1 aromatic heterocycles. The lowest BCUT2D eigenvalue weighted by atomic mass is 10.1. The van der Waals surface area contributed by atoms with Crippen molar-refractivity contribution in [3.8, 4) is 0 Å². The molecule has 0 atom stereocenters. The molecule has 4 N–H and O–H groups in total. The highest BCUT2D eigenvalue weighted by Crippen LogP contribution is 2.14. The summed E-state index contributed by atoms with van der Waals surface area (Å²) in [5.74, 6) is -2.66. The van der Waals surface area contributed by atoms with Crippen LogP contribution in [0.5, 0.6) is 0 Å². The summed E-state index contributed by atoms with van der Waals surface area (Å²) in [6.45, 7) is 2.49. The molecule has 0 radical (unpaired) electrons. The van der Waals surface area contributed by atoms with Crippen LogP contribution < -0.4 is 5.73 Å². The smallest absolute Gasteiger partial charge is 0.360 e. The molecule has 1 rings (SSSR count). The maximum absolute atomic E-state index is 11.0. The van der Waals surface area contributed by atoms with Gasteiger partial charge in [-0.1, -0.05) is 5.16 Å². The molecule has 8 nitrogen and oxygen atoms in total. The van der Waals surface area contributed by atoms with Gasteiger partial charge in [-0.3, -0.25) is 0 Å². The zero-order valence-electron chi connectivity index (χ0n) is 9.58. The quantitative estimate of drug-likeness (QED) is 0.521. The highest BCUT2D eigenvalue weighted by atomic mass is 32.1. The molecule has 0 spiro atoms. The monoisotopic (exact) mass is 273 g/mol. The number of aliphatic carboxylic acids is 2. The molecule has 1 aromatic rings. The van der Waals surface area contributed by atoms with E-state index in [1.54, 1.807) is 0 Å². The fraction of sp³-hybridized carbons (Fsp3) is 0.333. The Morgan fingerprint density at radius 3 is 2.50 bits per heavy atom. The second-order valence-corrected chi connectivity index (χ2v) is 4.61. The third-order valence-electron chi connectivity index (χ3n) is 1.85. The minimum Gasteiger partial charge on any atom is -0.478 e. The Morgan fingerprint density at radius 1 is 1.50 bits per heavy atom. The van der Waals surface area contributed by atoms with Crippen molar-refractivity contribution in [1.82, 2.24) is 4.98 Å². The van der Waals surface area contributed by atoms with Crippen molar-refractivity contribution in [2.24, 2.45) is 5.16 Å². The van der Waals surface area contributed by atoms with Crippen LogP contribution in [0.25, 0.3) is 0 Å². The summed E-state index contributed by atoms with van der Waals surface area (Å²) in [5, 5.41) is 22.6. The summed E-state index contributed by atoms with van der Waals surface area (Å²) in [7, 11) is 0. The molecule has 0 saturated carbocycles. The van der Waals surface area contributed by atoms with E-state index in [2.05, 4.69) is 10.1 Å². The molecule has 1 heterocycles. The average Bonchev–Trinajstić information content (AvgIpc) is 2.64. The number of carboxylic acids is 2. The van der Waals surface area contributed by atoms with Crippen LogP contribution in [0.1, 0.15) is 19.5 Å². The number of rotatable bonds is 5. The molecule has 0 aliphatic carbocycles. The molecule has 0 saturated heterocycles. The number of oxime groups is 1. The Morgan fingerprint density at radius 2 is 2.11 bits per heavy atom. The molecule has 0 amide bonds. The Kier molecular flexibility index (Phi) is 3.86. The number of carboxylic acid groups (broad SMARTS) is 2. The maximum atomic E-state index is 11.0. The molecule has 0 fully saturated rings. The molecule has 0 aromatic carbocycles. The van der Waals surface area contributed by atoms with Crippen LogP contribution >= 0.6 is 11.3 Å². The van der Waals surface area contributed by atoms with Crippen LogP contribution in [-0.2, 0) is 14.4 Å². The third-order valence-corrected chi connectivity index (χ3v) is 2.52. The first-order valence-corrected chi connectivity index (χ1v) is 5.56. The van der Waals surface area contributed by atoms with Gasteiger partial charge in [0.15, 0.2) is 5.13 Å². The van der Waals surface area contributed by atoms with Crippen molar-refractivity contribution < 1.29 is 24.6 Å². The molecular weight excluding hydrogens is 262 g/mol. The number of anilines is 1. The summed E-state index contributed by atoms with van der Waals surface area (Å²) in [4.78, 5) is 30.2. The number of hydrogen-bond acceptors (Lipinski definition) is 7. The maximum Gasteiger partial charge on any atom is 0.360 e. The predicted molar refractivity (Wildman–Crippen MR) is 63.5 cm³/mol. The summed E-state index contributed by atoms with van der Waals surface area (Å²) >= 11 is 1.04. The number of aromatic nitrogens is 1. The first-order chi connectivity index (χ1) is 8.24. The van der Waals surface area contributed by atoms with Crippen LogP contribution in [0.4, 0.5) is 5.13 Å². The molecule has 0 unspecified atom stereocenters. The first kappa shape index (κ1) is 13.9. The van der Waals surface area contributed by atoms with E-state index in [1.165, 1.54) is 19.2 Å². The van der Waals surface area contributed by atoms with E-state index in [0.717, 1.165) is 11.3 Å². The van der Waals surface area contributed by atoms with Crippen molar-refractivity contribution in [3.05, 3.63) is 11.1 Å². The second-order valence-electron chi connectivity index (χ2n) is 3.72. The van der Waals surface area contributed by atoms with E-state index in [0.29, 0.717) is 0 Å². The molecule has 0 bridgehead atoms. The van der Waals surface area contributed by atoms with E-state index >= 15 is 0 Å². The zero-order chi connectivity index (χ0) is 13.9. The van der Waals surface area contributed by atoms with Gasteiger partial charge in [0.2, 0.25) is 11.3 Å². The van der Waals surface area contributed by atoms with Crippen molar-refractivity contribution in [3.63, 3.8) is 0 Å². The molecular formula is C9H11N3O5S. The molecule has 0 aliphatic heterocycles. The summed E-state index contributed by atoms with van der Waals surface area (Å²) in [6.07, 6.45) is 0. The van der Waals surface area contributed by atoms with Gasteiger partial charge < -0.3 is 20.8 Å². The summed E-state index contributed by atoms with van der Waals surface area (Å²) in [5.41, 5.74) is 3.25. The van der Waals surface area contributed by atoms with E-state index in [4.69, 9.17) is 20.8 Å². The molecule has 0 aliphatic rings. The lowest BCUT2D eigenvalue weighted by Gasteiger charge is -2.16. The largest absolute Gasteiger partial charge is 0.478 e. The normalized spacial score (nSPS) is 12.2. The molecule has 18 heavy (non-hydrogen) atoms. The van der Waals surface area contributed by atoms with E-state index in [-0.39, 0.29) is 10.8 Å². The Hall–Kier alpha value is -2.16. The van der Waals surface area contributed by atoms with Gasteiger partial charge in [-0.25, -0.2) is 14.6 Å². The Labute approximate surface area is 106 Å². The minimum atomic E-state index is -1.64. The van der Waals surface area contributed by atoms with Crippen molar-refractivity contribution in [2.75, 3.05) is 5.73 Å². The lowest BCUT2D eigenvalue weighted by Crippen LogP contribution is -2.33. The van der Waals surface area contributed by atoms with Gasteiger partial charge >= 0.3 is 11.9 Å². The van der Waals surface area contributed by atoms with Gasteiger partial charge in [0.1, 0.15) is 5.69 Å². The van der Waals surface area contributed by atoms with Crippen LogP contribution in [-0.4, -0.2) is 38.4 Å². The number of carbonyl (C=O) groups is 2. The fourth-order valence-corrected chi connectivity index (χ4v) is 1.34. The molecule has 9 heteroatoms. The van der Waals surface area contributed by atoms with E-state index < -0.39 is 23.3 Å². The fourth-order valence-electron chi connectivity index (χ4n) is 0.791.